The van der Waals surface area contributed by atoms with Crippen molar-refractivity contribution < 1.29 is 4.79 Å². The molecule has 2 heterocycles. The van der Waals surface area contributed by atoms with E-state index in [0.29, 0.717) is 22.9 Å². The summed E-state index contributed by atoms with van der Waals surface area (Å²) in [6.45, 7) is 4.65. The van der Waals surface area contributed by atoms with Gasteiger partial charge < -0.3 is 5.32 Å². The molecule has 0 saturated heterocycles. The minimum Gasteiger partial charge on any atom is -0.349 e. The summed E-state index contributed by atoms with van der Waals surface area (Å²) in [6, 6.07) is 21.8. The summed E-state index contributed by atoms with van der Waals surface area (Å²) in [5.41, 5.74) is 1.74. The Balaban J connectivity index is 1.37. The van der Waals surface area contributed by atoms with E-state index in [0.717, 1.165) is 29.3 Å². The molecule has 1 amide bonds. The monoisotopic (exact) mass is 485 g/mol. The van der Waals surface area contributed by atoms with Gasteiger partial charge in [-0.15, -0.1) is 10.2 Å². The third-order valence-corrected chi connectivity index (χ3v) is 7.13. The Morgan fingerprint density at radius 3 is 2.63 bits per heavy atom. The molecular formula is C27H27N5O2S. The van der Waals surface area contributed by atoms with E-state index >= 15 is 0 Å². The van der Waals surface area contributed by atoms with E-state index in [4.69, 9.17) is 0 Å². The van der Waals surface area contributed by atoms with Crippen LogP contribution < -0.4 is 10.9 Å². The number of nitrogens with zero attached hydrogens (tertiary/aromatic N) is 4. The van der Waals surface area contributed by atoms with Crippen molar-refractivity contribution in [2.75, 3.05) is 5.75 Å². The maximum atomic E-state index is 13.1. The van der Waals surface area contributed by atoms with Gasteiger partial charge in [-0.25, -0.2) is 0 Å². The molecule has 5 aromatic rings. The molecule has 0 aliphatic heterocycles. The SMILES string of the molecule is CCCCn1c(=O)c2ccccc2n2c(SCC(=O)NC(C)c3ccc4ccccc4c3)nnc12. The number of para-hydroxylation sites is 1. The first-order chi connectivity index (χ1) is 17.1. The van der Waals surface area contributed by atoms with Crippen LogP contribution in [0.25, 0.3) is 27.5 Å². The smallest absolute Gasteiger partial charge is 0.262 e. The summed E-state index contributed by atoms with van der Waals surface area (Å²) >= 11 is 1.32. The van der Waals surface area contributed by atoms with Crippen LogP contribution in [0.5, 0.6) is 0 Å². The predicted molar refractivity (Wildman–Crippen MR) is 141 cm³/mol. The molecule has 1 atom stereocenters. The molecule has 0 bridgehead atoms. The first-order valence-corrected chi connectivity index (χ1v) is 12.8. The lowest BCUT2D eigenvalue weighted by Gasteiger charge is -2.15. The molecule has 0 saturated carbocycles. The first-order valence-electron chi connectivity index (χ1n) is 11.8. The maximum absolute atomic E-state index is 13.1. The highest BCUT2D eigenvalue weighted by atomic mass is 32.2. The number of hydrogen-bond acceptors (Lipinski definition) is 5. The second kappa shape index (κ2) is 9.92. The molecule has 35 heavy (non-hydrogen) atoms. The lowest BCUT2D eigenvalue weighted by atomic mass is 10.0. The summed E-state index contributed by atoms with van der Waals surface area (Å²) in [4.78, 5) is 25.9. The molecular weight excluding hydrogens is 458 g/mol. The van der Waals surface area contributed by atoms with Crippen molar-refractivity contribution in [1.82, 2.24) is 24.5 Å². The van der Waals surface area contributed by atoms with Crippen LogP contribution in [0.3, 0.4) is 0 Å². The Morgan fingerprint density at radius 2 is 1.80 bits per heavy atom. The number of rotatable bonds is 8. The third-order valence-electron chi connectivity index (χ3n) is 6.20. The fraction of sp³-hybridized carbons (Fsp3) is 0.259. The largest absolute Gasteiger partial charge is 0.349 e. The third kappa shape index (κ3) is 4.53. The number of fused-ring (bicyclic) bond motifs is 4. The minimum absolute atomic E-state index is 0.0625. The molecule has 5 rings (SSSR count). The quantitative estimate of drug-likeness (QED) is 0.314. The Kier molecular flexibility index (Phi) is 6.55. The number of thioether (sulfide) groups is 1. The molecule has 0 radical (unpaired) electrons. The van der Waals surface area contributed by atoms with E-state index < -0.39 is 0 Å². The van der Waals surface area contributed by atoms with Crippen LogP contribution in [0.15, 0.2) is 76.7 Å². The van der Waals surface area contributed by atoms with E-state index in [-0.39, 0.29) is 23.3 Å². The van der Waals surface area contributed by atoms with Crippen molar-refractivity contribution in [3.8, 4) is 0 Å². The molecule has 2 aromatic heterocycles. The van der Waals surface area contributed by atoms with Gasteiger partial charge in [0.05, 0.1) is 22.7 Å². The summed E-state index contributed by atoms with van der Waals surface area (Å²) in [7, 11) is 0. The van der Waals surface area contributed by atoms with Crippen LogP contribution >= 0.6 is 11.8 Å². The van der Waals surface area contributed by atoms with Crippen molar-refractivity contribution in [2.24, 2.45) is 0 Å². The first kappa shape index (κ1) is 23.1. The Bertz CT molecular complexity index is 1590. The van der Waals surface area contributed by atoms with Gasteiger partial charge in [0.25, 0.3) is 5.56 Å². The van der Waals surface area contributed by atoms with Gasteiger partial charge in [-0.3, -0.25) is 18.6 Å². The zero-order valence-electron chi connectivity index (χ0n) is 19.8. The molecule has 1 unspecified atom stereocenters. The number of nitrogens with one attached hydrogen (secondary N) is 1. The van der Waals surface area contributed by atoms with Gasteiger partial charge in [0, 0.05) is 6.54 Å². The maximum Gasteiger partial charge on any atom is 0.262 e. The number of benzene rings is 3. The van der Waals surface area contributed by atoms with Crippen molar-refractivity contribution in [3.05, 3.63) is 82.6 Å². The highest BCUT2D eigenvalue weighted by molar-refractivity contribution is 7.99. The standard InChI is InChI=1S/C27H27N5O2S/c1-3-4-15-31-25(34)22-11-7-8-12-23(22)32-26(31)29-30-27(32)35-17-24(33)28-18(2)20-14-13-19-9-5-6-10-21(19)16-20/h5-14,16,18H,3-4,15,17H2,1-2H3,(H,28,33). The lowest BCUT2D eigenvalue weighted by Crippen LogP contribution is -2.28. The molecule has 0 spiro atoms. The van der Waals surface area contributed by atoms with Crippen LogP contribution in [0.2, 0.25) is 0 Å². The molecule has 0 fully saturated rings. The van der Waals surface area contributed by atoms with Crippen molar-refractivity contribution in [1.29, 1.82) is 0 Å². The fourth-order valence-corrected chi connectivity index (χ4v) is 5.07. The van der Waals surface area contributed by atoms with Crippen LogP contribution in [-0.2, 0) is 11.3 Å². The minimum atomic E-state index is -0.122. The Labute approximate surface area is 207 Å². The van der Waals surface area contributed by atoms with E-state index in [9.17, 15) is 9.59 Å². The van der Waals surface area contributed by atoms with Crippen LogP contribution in [-0.4, -0.2) is 30.8 Å². The average Bonchev–Trinajstić information content (AvgIpc) is 3.31. The van der Waals surface area contributed by atoms with Crippen molar-refractivity contribution in [2.45, 2.75) is 44.4 Å². The van der Waals surface area contributed by atoms with Crippen molar-refractivity contribution in [3.63, 3.8) is 0 Å². The highest BCUT2D eigenvalue weighted by Gasteiger charge is 2.18. The van der Waals surface area contributed by atoms with Gasteiger partial charge in [-0.05, 0) is 47.9 Å². The van der Waals surface area contributed by atoms with E-state index in [1.165, 1.54) is 17.1 Å². The number of carbonyl (C=O) groups excluding carboxylic acids is 1. The lowest BCUT2D eigenvalue weighted by molar-refractivity contribution is -0.119. The molecule has 0 aliphatic rings. The number of hydrogen-bond donors (Lipinski definition) is 1. The summed E-state index contributed by atoms with van der Waals surface area (Å²) in [6.07, 6.45) is 1.84. The second-order valence-electron chi connectivity index (χ2n) is 8.63. The molecule has 178 valence electrons. The Hall–Kier alpha value is -3.65. The van der Waals surface area contributed by atoms with Crippen LogP contribution in [0, 0.1) is 0 Å². The number of carbonyl (C=O) groups is 1. The fourth-order valence-electron chi connectivity index (χ4n) is 4.32. The second-order valence-corrected chi connectivity index (χ2v) is 9.57. The number of aromatic nitrogens is 4. The summed E-state index contributed by atoms with van der Waals surface area (Å²) in [5.74, 6) is 0.617. The van der Waals surface area contributed by atoms with Gasteiger partial charge in [0.1, 0.15) is 0 Å². The zero-order chi connectivity index (χ0) is 24.4. The molecule has 8 heteroatoms. The molecule has 1 N–H and O–H groups in total. The van der Waals surface area contributed by atoms with E-state index in [1.54, 1.807) is 4.57 Å². The molecule has 3 aromatic carbocycles. The van der Waals surface area contributed by atoms with Gasteiger partial charge in [-0.1, -0.05) is 73.6 Å². The van der Waals surface area contributed by atoms with Gasteiger partial charge in [0.2, 0.25) is 11.7 Å². The number of aryl methyl sites for hydroxylation is 1. The molecule has 0 aliphatic carbocycles. The van der Waals surface area contributed by atoms with Gasteiger partial charge >= 0.3 is 0 Å². The summed E-state index contributed by atoms with van der Waals surface area (Å²) in [5, 5.41) is 15.3. The van der Waals surface area contributed by atoms with E-state index in [2.05, 4.69) is 46.7 Å². The zero-order valence-corrected chi connectivity index (χ0v) is 20.6. The summed E-state index contributed by atoms with van der Waals surface area (Å²) < 4.78 is 3.57. The topological polar surface area (TPSA) is 81.3 Å². The average molecular weight is 486 g/mol. The molecule has 7 nitrogen and oxygen atoms in total. The predicted octanol–water partition coefficient (Wildman–Crippen LogP) is 4.97. The van der Waals surface area contributed by atoms with Gasteiger partial charge in [0.15, 0.2) is 5.16 Å². The number of unbranched alkanes of at least 4 members (excludes halogenated alkanes) is 1. The Morgan fingerprint density at radius 1 is 1.03 bits per heavy atom. The number of amides is 1. The highest BCUT2D eigenvalue weighted by Crippen LogP contribution is 2.23. The van der Waals surface area contributed by atoms with Crippen molar-refractivity contribution >= 4 is 45.1 Å². The van der Waals surface area contributed by atoms with Gasteiger partial charge in [-0.2, -0.15) is 0 Å². The van der Waals surface area contributed by atoms with E-state index in [1.807, 2.05) is 53.8 Å². The normalized spacial score (nSPS) is 12.4. The van der Waals surface area contributed by atoms with Crippen LogP contribution in [0.1, 0.15) is 38.3 Å². The van der Waals surface area contributed by atoms with Crippen LogP contribution in [0.4, 0.5) is 0 Å².